The van der Waals surface area contributed by atoms with E-state index >= 15 is 0 Å². The van der Waals surface area contributed by atoms with Gasteiger partial charge in [-0.25, -0.2) is 4.98 Å². The molecule has 48 heavy (non-hydrogen) atoms. The molecule has 0 aliphatic heterocycles. The van der Waals surface area contributed by atoms with Crippen LogP contribution >= 0.6 is 0 Å². The normalized spacial score (nSPS) is 14.8. The van der Waals surface area contributed by atoms with E-state index in [0.29, 0.717) is 0 Å². The molecule has 0 amide bonds. The quantitative estimate of drug-likeness (QED) is 0.182. The Balaban J connectivity index is 1.22. The van der Waals surface area contributed by atoms with Gasteiger partial charge >= 0.3 is 0 Å². The van der Waals surface area contributed by atoms with Crippen LogP contribution in [0.3, 0.4) is 0 Å². The van der Waals surface area contributed by atoms with Crippen molar-refractivity contribution in [2.45, 2.75) is 24.7 Å². The predicted octanol–water partition coefficient (Wildman–Crippen LogP) is 11.1. The van der Waals surface area contributed by atoms with Crippen molar-refractivity contribution in [3.8, 4) is 33.5 Å². The first-order valence-electron chi connectivity index (χ1n) is 16.8. The van der Waals surface area contributed by atoms with Crippen LogP contribution in [0.2, 0.25) is 0 Å². The van der Waals surface area contributed by atoms with Crippen molar-refractivity contribution in [2.75, 3.05) is 0 Å². The number of benzene rings is 6. The molecule has 2 aliphatic carbocycles. The Morgan fingerprint density at radius 1 is 0.438 bits per heavy atom. The molecular formula is C46H32N2. The molecule has 0 saturated carbocycles. The van der Waals surface area contributed by atoms with Crippen LogP contribution in [0.5, 0.6) is 0 Å². The van der Waals surface area contributed by atoms with E-state index in [1.54, 1.807) is 0 Å². The Bertz CT molecular complexity index is 2560. The predicted molar refractivity (Wildman–Crippen MR) is 197 cm³/mol. The van der Waals surface area contributed by atoms with Gasteiger partial charge in [0.15, 0.2) is 0 Å². The van der Waals surface area contributed by atoms with Gasteiger partial charge in [-0.2, -0.15) is 0 Å². The average molecular weight is 613 g/mol. The molecule has 0 bridgehead atoms. The van der Waals surface area contributed by atoms with E-state index in [2.05, 4.69) is 164 Å². The summed E-state index contributed by atoms with van der Waals surface area (Å²) >= 11 is 0. The molecule has 2 heteroatoms. The molecule has 0 radical (unpaired) electrons. The minimum absolute atomic E-state index is 0.115. The van der Waals surface area contributed by atoms with E-state index in [9.17, 15) is 0 Å². The van der Waals surface area contributed by atoms with Crippen LogP contribution in [-0.2, 0) is 10.8 Å². The number of hydrogen-bond acceptors (Lipinski definition) is 2. The van der Waals surface area contributed by atoms with Crippen LogP contribution < -0.4 is 0 Å². The molecule has 0 atom stereocenters. The van der Waals surface area contributed by atoms with Gasteiger partial charge in [0.1, 0.15) is 0 Å². The van der Waals surface area contributed by atoms with Crippen molar-refractivity contribution in [3.63, 3.8) is 0 Å². The fraction of sp³-hybridized carbons (Fsp3) is 0.0870. The van der Waals surface area contributed by atoms with E-state index in [1.807, 2.05) is 12.3 Å². The fourth-order valence-electron chi connectivity index (χ4n) is 8.88. The van der Waals surface area contributed by atoms with E-state index in [4.69, 9.17) is 4.98 Å². The molecule has 0 N–H and O–H groups in total. The van der Waals surface area contributed by atoms with Crippen LogP contribution in [-0.4, -0.2) is 9.97 Å². The maximum Gasteiger partial charge on any atom is 0.0972 e. The SMILES string of the molecule is CC1(C)c2ccccc2C2(c3ccccc3-c3c(-c4cccc(-c5ccc6ccc7cccnc7c6n5)c4)cccc32)c2ccccc21. The lowest BCUT2D eigenvalue weighted by atomic mass is 9.55. The molecule has 0 fully saturated rings. The molecule has 2 aromatic heterocycles. The molecule has 226 valence electrons. The van der Waals surface area contributed by atoms with Crippen molar-refractivity contribution in [1.29, 1.82) is 0 Å². The summed E-state index contributed by atoms with van der Waals surface area (Å²) in [5.74, 6) is 0. The van der Waals surface area contributed by atoms with Gasteiger partial charge < -0.3 is 0 Å². The molecule has 2 nitrogen and oxygen atoms in total. The second kappa shape index (κ2) is 9.82. The van der Waals surface area contributed by atoms with Gasteiger partial charge in [-0.3, -0.25) is 4.98 Å². The van der Waals surface area contributed by atoms with Crippen LogP contribution in [0.4, 0.5) is 0 Å². The highest BCUT2D eigenvalue weighted by molar-refractivity contribution is 6.03. The first kappa shape index (κ1) is 27.3. The monoisotopic (exact) mass is 612 g/mol. The first-order chi connectivity index (χ1) is 23.6. The highest BCUT2D eigenvalue weighted by atomic mass is 14.8. The molecule has 2 heterocycles. The lowest BCUT2D eigenvalue weighted by molar-refractivity contribution is 0.563. The number of nitrogens with zero attached hydrogens (tertiary/aromatic N) is 2. The largest absolute Gasteiger partial charge is 0.254 e. The van der Waals surface area contributed by atoms with Gasteiger partial charge in [0.25, 0.3) is 0 Å². The zero-order valence-corrected chi connectivity index (χ0v) is 26.9. The van der Waals surface area contributed by atoms with Crippen LogP contribution in [0.15, 0.2) is 158 Å². The highest BCUT2D eigenvalue weighted by Gasteiger charge is 2.53. The molecule has 0 unspecified atom stereocenters. The van der Waals surface area contributed by atoms with Gasteiger partial charge in [-0.1, -0.05) is 147 Å². The van der Waals surface area contributed by atoms with Crippen LogP contribution in [0, 0.1) is 0 Å². The number of fused-ring (bicyclic) bond motifs is 12. The van der Waals surface area contributed by atoms with Gasteiger partial charge in [0.05, 0.1) is 22.1 Å². The third-order valence-corrected chi connectivity index (χ3v) is 11.0. The zero-order valence-electron chi connectivity index (χ0n) is 26.9. The average Bonchev–Trinajstić information content (AvgIpc) is 3.45. The maximum absolute atomic E-state index is 5.19. The standard InChI is InChI=1S/C46H32N2/c1-45(2)36-18-5-7-20-38(36)46(39-21-8-6-19-37(39)45)35-17-4-3-15-34(35)42-33(16-10-22-40(42)46)31-12-9-13-32(28-31)41-26-25-30-24-23-29-14-11-27-47-43(29)44(30)48-41/h3-28H,1-2H3. The lowest BCUT2D eigenvalue weighted by Gasteiger charge is -2.46. The van der Waals surface area contributed by atoms with Gasteiger partial charge in [0, 0.05) is 27.9 Å². The summed E-state index contributed by atoms with van der Waals surface area (Å²) < 4.78 is 0. The van der Waals surface area contributed by atoms with Crippen molar-refractivity contribution in [1.82, 2.24) is 9.97 Å². The van der Waals surface area contributed by atoms with E-state index in [-0.39, 0.29) is 5.41 Å². The summed E-state index contributed by atoms with van der Waals surface area (Å²) in [6.07, 6.45) is 1.85. The number of aromatic nitrogens is 2. The van der Waals surface area contributed by atoms with Crippen molar-refractivity contribution in [2.24, 2.45) is 0 Å². The molecule has 10 rings (SSSR count). The maximum atomic E-state index is 5.19. The van der Waals surface area contributed by atoms with E-state index in [0.717, 1.165) is 33.1 Å². The Morgan fingerprint density at radius 3 is 1.79 bits per heavy atom. The minimum Gasteiger partial charge on any atom is -0.254 e. The Labute approximate surface area is 280 Å². The Morgan fingerprint density at radius 2 is 1.02 bits per heavy atom. The van der Waals surface area contributed by atoms with Gasteiger partial charge in [0.2, 0.25) is 0 Å². The third-order valence-electron chi connectivity index (χ3n) is 11.0. The Hall–Kier alpha value is -5.86. The van der Waals surface area contributed by atoms with Crippen molar-refractivity contribution < 1.29 is 0 Å². The molecule has 1 spiro atoms. The minimum atomic E-state index is -0.407. The fourth-order valence-corrected chi connectivity index (χ4v) is 8.88. The summed E-state index contributed by atoms with van der Waals surface area (Å²) in [7, 11) is 0. The summed E-state index contributed by atoms with van der Waals surface area (Å²) in [5.41, 5.74) is 16.7. The molecule has 8 aromatic rings. The summed E-state index contributed by atoms with van der Waals surface area (Å²) in [6.45, 7) is 4.75. The molecular weight excluding hydrogens is 581 g/mol. The van der Waals surface area contributed by atoms with Gasteiger partial charge in [-0.15, -0.1) is 0 Å². The molecule has 6 aromatic carbocycles. The van der Waals surface area contributed by atoms with E-state index < -0.39 is 5.41 Å². The second-order valence-electron chi connectivity index (χ2n) is 13.7. The zero-order chi connectivity index (χ0) is 32.0. The Kier molecular flexibility index (Phi) is 5.58. The van der Waals surface area contributed by atoms with Crippen molar-refractivity contribution >= 4 is 21.8 Å². The van der Waals surface area contributed by atoms with Crippen molar-refractivity contribution in [3.05, 3.63) is 191 Å². The van der Waals surface area contributed by atoms with Crippen LogP contribution in [0.25, 0.3) is 55.3 Å². The number of rotatable bonds is 2. The molecule has 2 aliphatic rings. The summed E-state index contributed by atoms with van der Waals surface area (Å²) in [6, 6.07) is 55.8. The summed E-state index contributed by atoms with van der Waals surface area (Å²) in [5, 5.41) is 2.20. The number of pyridine rings is 2. The van der Waals surface area contributed by atoms with Gasteiger partial charge in [-0.05, 0) is 73.8 Å². The van der Waals surface area contributed by atoms with E-state index in [1.165, 1.54) is 55.6 Å². The highest BCUT2D eigenvalue weighted by Crippen LogP contribution is 2.63. The summed E-state index contributed by atoms with van der Waals surface area (Å²) in [4.78, 5) is 9.88. The third kappa shape index (κ3) is 3.52. The smallest absolute Gasteiger partial charge is 0.0972 e. The lowest BCUT2D eigenvalue weighted by Crippen LogP contribution is -2.40. The topological polar surface area (TPSA) is 25.8 Å². The second-order valence-corrected chi connectivity index (χ2v) is 13.7. The molecule has 0 saturated heterocycles. The van der Waals surface area contributed by atoms with Crippen LogP contribution in [0.1, 0.15) is 47.2 Å². The number of hydrogen-bond donors (Lipinski definition) is 0. The first-order valence-corrected chi connectivity index (χ1v) is 16.8.